The lowest BCUT2D eigenvalue weighted by Crippen LogP contribution is -2.51. The number of carbonyl (C=O) groups is 1. The van der Waals surface area contributed by atoms with Gasteiger partial charge in [0.15, 0.2) is 9.84 Å². The van der Waals surface area contributed by atoms with Gasteiger partial charge in [-0.25, -0.2) is 8.42 Å². The molecule has 0 aromatic rings. The average molecular weight is 304 g/mol. The molecule has 1 rings (SSSR count). The minimum atomic E-state index is -2.98. The van der Waals surface area contributed by atoms with Crippen LogP contribution in [0.1, 0.15) is 46.5 Å². The van der Waals surface area contributed by atoms with Crippen molar-refractivity contribution in [1.82, 2.24) is 4.90 Å². The lowest BCUT2D eigenvalue weighted by atomic mass is 9.85. The molecule has 1 saturated heterocycles. The summed E-state index contributed by atoms with van der Waals surface area (Å²) < 4.78 is 23.3. The van der Waals surface area contributed by atoms with Crippen LogP contribution < -0.4 is 5.73 Å². The number of amides is 1. The molecule has 0 aromatic carbocycles. The highest BCUT2D eigenvalue weighted by Crippen LogP contribution is 2.27. The normalized spacial score (nSPS) is 24.3. The van der Waals surface area contributed by atoms with Gasteiger partial charge < -0.3 is 10.6 Å². The second-order valence-electron chi connectivity index (χ2n) is 6.03. The number of rotatable bonds is 7. The van der Waals surface area contributed by atoms with E-state index in [-0.39, 0.29) is 23.5 Å². The first-order valence-electron chi connectivity index (χ1n) is 7.51. The molecular formula is C14H28N2O3S. The van der Waals surface area contributed by atoms with Crippen molar-refractivity contribution >= 4 is 15.7 Å². The Balaban J connectivity index is 2.92. The summed E-state index contributed by atoms with van der Waals surface area (Å²) in [7, 11) is -2.98. The van der Waals surface area contributed by atoms with Crippen LogP contribution in [0, 0.1) is 5.41 Å². The van der Waals surface area contributed by atoms with Gasteiger partial charge in [-0.2, -0.15) is 0 Å². The maximum atomic E-state index is 12.8. The van der Waals surface area contributed by atoms with E-state index >= 15 is 0 Å². The minimum Gasteiger partial charge on any atom is -0.338 e. The fraction of sp³-hybridized carbons (Fsp3) is 0.929. The van der Waals surface area contributed by atoms with Crippen molar-refractivity contribution < 1.29 is 13.2 Å². The van der Waals surface area contributed by atoms with Gasteiger partial charge in [0.05, 0.1) is 16.9 Å². The first-order chi connectivity index (χ1) is 9.29. The SMILES string of the molecule is CCCCN(C(=O)C(C)(CC)CN)C1CCS(=O)(=O)C1. The molecule has 1 heterocycles. The smallest absolute Gasteiger partial charge is 0.230 e. The Labute approximate surface area is 122 Å². The van der Waals surface area contributed by atoms with E-state index in [4.69, 9.17) is 5.73 Å². The highest BCUT2D eigenvalue weighted by atomic mass is 32.2. The molecule has 1 amide bonds. The van der Waals surface area contributed by atoms with E-state index < -0.39 is 15.3 Å². The second-order valence-corrected chi connectivity index (χ2v) is 8.26. The molecule has 0 spiro atoms. The van der Waals surface area contributed by atoms with Crippen molar-refractivity contribution in [3.8, 4) is 0 Å². The summed E-state index contributed by atoms with van der Waals surface area (Å²) >= 11 is 0. The Morgan fingerprint density at radius 2 is 2.05 bits per heavy atom. The van der Waals surface area contributed by atoms with Crippen LogP contribution in [0.3, 0.4) is 0 Å². The molecule has 2 N–H and O–H groups in total. The predicted octanol–water partition coefficient (Wildman–Crippen LogP) is 1.18. The number of unbranched alkanes of at least 4 members (excludes halogenated alkanes) is 1. The molecule has 0 bridgehead atoms. The van der Waals surface area contributed by atoms with Gasteiger partial charge >= 0.3 is 0 Å². The zero-order valence-corrected chi connectivity index (χ0v) is 13.7. The van der Waals surface area contributed by atoms with Crippen molar-refractivity contribution in [2.75, 3.05) is 24.6 Å². The van der Waals surface area contributed by atoms with E-state index in [9.17, 15) is 13.2 Å². The molecule has 0 saturated carbocycles. The maximum absolute atomic E-state index is 12.8. The maximum Gasteiger partial charge on any atom is 0.230 e. The Morgan fingerprint density at radius 1 is 1.40 bits per heavy atom. The first-order valence-corrected chi connectivity index (χ1v) is 9.33. The molecule has 0 aromatic heterocycles. The number of nitrogens with zero attached hydrogens (tertiary/aromatic N) is 1. The van der Waals surface area contributed by atoms with Crippen molar-refractivity contribution in [3.05, 3.63) is 0 Å². The Hall–Kier alpha value is -0.620. The van der Waals surface area contributed by atoms with E-state index in [0.717, 1.165) is 12.8 Å². The van der Waals surface area contributed by atoms with Gasteiger partial charge in [0.1, 0.15) is 0 Å². The highest BCUT2D eigenvalue weighted by Gasteiger charge is 2.40. The van der Waals surface area contributed by atoms with Crippen LogP contribution in [0.4, 0.5) is 0 Å². The third-order valence-electron chi connectivity index (χ3n) is 4.41. The van der Waals surface area contributed by atoms with E-state index in [1.807, 2.05) is 13.8 Å². The molecule has 20 heavy (non-hydrogen) atoms. The minimum absolute atomic E-state index is 0.0121. The number of hydrogen-bond donors (Lipinski definition) is 1. The molecule has 2 atom stereocenters. The van der Waals surface area contributed by atoms with Gasteiger partial charge in [0, 0.05) is 19.1 Å². The van der Waals surface area contributed by atoms with Crippen LogP contribution in [0.2, 0.25) is 0 Å². The van der Waals surface area contributed by atoms with Crippen molar-refractivity contribution in [1.29, 1.82) is 0 Å². The summed E-state index contributed by atoms with van der Waals surface area (Å²) in [4.78, 5) is 14.6. The van der Waals surface area contributed by atoms with E-state index in [0.29, 0.717) is 25.9 Å². The third kappa shape index (κ3) is 3.95. The standard InChI is InChI=1S/C14H28N2O3S/c1-4-6-8-16(12-7-9-20(18,19)10-12)13(17)14(3,5-2)11-15/h12H,4-11,15H2,1-3H3. The number of sulfone groups is 1. The average Bonchev–Trinajstić information content (AvgIpc) is 2.78. The number of hydrogen-bond acceptors (Lipinski definition) is 4. The van der Waals surface area contributed by atoms with Crippen LogP contribution in [-0.4, -0.2) is 49.9 Å². The monoisotopic (exact) mass is 304 g/mol. The molecule has 1 aliphatic heterocycles. The summed E-state index contributed by atoms with van der Waals surface area (Å²) in [5.74, 6) is 0.310. The Bertz CT molecular complexity index is 430. The van der Waals surface area contributed by atoms with Crippen molar-refractivity contribution in [2.24, 2.45) is 11.1 Å². The van der Waals surface area contributed by atoms with E-state index in [1.165, 1.54) is 0 Å². The molecule has 0 aliphatic carbocycles. The molecule has 6 heteroatoms. The highest BCUT2D eigenvalue weighted by molar-refractivity contribution is 7.91. The zero-order valence-electron chi connectivity index (χ0n) is 12.9. The van der Waals surface area contributed by atoms with Crippen LogP contribution in [0.5, 0.6) is 0 Å². The van der Waals surface area contributed by atoms with Crippen molar-refractivity contribution in [3.63, 3.8) is 0 Å². The second kappa shape index (κ2) is 6.89. The lowest BCUT2D eigenvalue weighted by Gasteiger charge is -2.36. The van der Waals surface area contributed by atoms with Gasteiger partial charge in [-0.1, -0.05) is 20.3 Å². The summed E-state index contributed by atoms with van der Waals surface area (Å²) in [6.45, 7) is 6.82. The first kappa shape index (κ1) is 17.4. The summed E-state index contributed by atoms with van der Waals surface area (Å²) in [5.41, 5.74) is 5.19. The Kier molecular flexibility index (Phi) is 6.01. The number of carbonyl (C=O) groups excluding carboxylic acids is 1. The molecule has 2 unspecified atom stereocenters. The van der Waals surface area contributed by atoms with Gasteiger partial charge in [-0.3, -0.25) is 4.79 Å². The fourth-order valence-corrected chi connectivity index (χ4v) is 4.26. The summed E-state index contributed by atoms with van der Waals surface area (Å²) in [6, 6.07) is -0.170. The van der Waals surface area contributed by atoms with Crippen LogP contribution in [-0.2, 0) is 14.6 Å². The molecule has 118 valence electrons. The number of nitrogens with two attached hydrogens (primary N) is 1. The molecular weight excluding hydrogens is 276 g/mol. The fourth-order valence-electron chi connectivity index (χ4n) is 2.53. The van der Waals surface area contributed by atoms with Crippen LogP contribution >= 0.6 is 0 Å². The summed E-state index contributed by atoms with van der Waals surface area (Å²) in [5, 5.41) is 0. The quantitative estimate of drug-likeness (QED) is 0.766. The Morgan fingerprint density at radius 3 is 2.45 bits per heavy atom. The van der Waals surface area contributed by atoms with Crippen LogP contribution in [0.25, 0.3) is 0 Å². The molecule has 1 aliphatic rings. The zero-order chi connectivity index (χ0) is 15.4. The lowest BCUT2D eigenvalue weighted by molar-refractivity contribution is -0.143. The largest absolute Gasteiger partial charge is 0.338 e. The molecule has 0 radical (unpaired) electrons. The topological polar surface area (TPSA) is 80.5 Å². The summed E-state index contributed by atoms with van der Waals surface area (Å²) in [6.07, 6.45) is 3.11. The molecule has 1 fully saturated rings. The van der Waals surface area contributed by atoms with Gasteiger partial charge in [-0.05, 0) is 26.2 Å². The molecule has 5 nitrogen and oxygen atoms in total. The van der Waals surface area contributed by atoms with E-state index in [2.05, 4.69) is 6.92 Å². The van der Waals surface area contributed by atoms with Crippen molar-refractivity contribution in [2.45, 2.75) is 52.5 Å². The third-order valence-corrected chi connectivity index (χ3v) is 6.16. The van der Waals surface area contributed by atoms with Gasteiger partial charge in [-0.15, -0.1) is 0 Å². The van der Waals surface area contributed by atoms with E-state index in [1.54, 1.807) is 4.90 Å². The predicted molar refractivity (Wildman–Crippen MR) is 81.1 cm³/mol. The van der Waals surface area contributed by atoms with Crippen LogP contribution in [0.15, 0.2) is 0 Å². The van der Waals surface area contributed by atoms with Gasteiger partial charge in [0.25, 0.3) is 0 Å². The van der Waals surface area contributed by atoms with Gasteiger partial charge in [0.2, 0.25) is 5.91 Å².